The second-order valence-electron chi connectivity index (χ2n) is 5.84. The van der Waals surface area contributed by atoms with Crippen molar-refractivity contribution >= 4 is 28.6 Å². The summed E-state index contributed by atoms with van der Waals surface area (Å²) in [5.41, 5.74) is 0.269. The highest BCUT2D eigenvalue weighted by molar-refractivity contribution is 6.04. The van der Waals surface area contributed by atoms with Crippen molar-refractivity contribution < 1.29 is 33.1 Å². The van der Waals surface area contributed by atoms with E-state index in [0.29, 0.717) is 11.0 Å². The highest BCUT2D eigenvalue weighted by Crippen LogP contribution is 2.31. The second-order valence-corrected chi connectivity index (χ2v) is 5.84. The van der Waals surface area contributed by atoms with Gasteiger partial charge < -0.3 is 18.6 Å². The number of benzene rings is 2. The Hall–Kier alpha value is -3.88. The van der Waals surface area contributed by atoms with Crippen molar-refractivity contribution in [3.63, 3.8) is 0 Å². The molecule has 0 saturated carbocycles. The van der Waals surface area contributed by atoms with E-state index in [1.165, 1.54) is 19.2 Å². The SMILES string of the molecule is CCOC(=O)c1c(COc2ccc(C(=O)OC)cc2[N+](=O)[O-])oc2ccccc12. The minimum absolute atomic E-state index is 0.0162. The maximum absolute atomic E-state index is 12.4. The molecular formula is C20H17NO8. The van der Waals surface area contributed by atoms with Gasteiger partial charge in [0.15, 0.2) is 11.5 Å². The van der Waals surface area contributed by atoms with Crippen molar-refractivity contribution in [2.24, 2.45) is 0 Å². The number of esters is 2. The van der Waals surface area contributed by atoms with E-state index < -0.39 is 22.5 Å². The fraction of sp³-hybridized carbons (Fsp3) is 0.200. The quantitative estimate of drug-likeness (QED) is 0.334. The number of nitro benzene ring substituents is 1. The van der Waals surface area contributed by atoms with Gasteiger partial charge in [-0.15, -0.1) is 0 Å². The number of nitro groups is 1. The highest BCUT2D eigenvalue weighted by atomic mass is 16.6. The maximum Gasteiger partial charge on any atom is 0.342 e. The Morgan fingerprint density at radius 1 is 1.14 bits per heavy atom. The Bertz CT molecular complexity index is 1090. The molecule has 0 radical (unpaired) electrons. The smallest absolute Gasteiger partial charge is 0.342 e. The number of para-hydroxylation sites is 1. The van der Waals surface area contributed by atoms with Gasteiger partial charge in [-0.05, 0) is 25.1 Å². The number of fused-ring (bicyclic) bond motifs is 1. The van der Waals surface area contributed by atoms with E-state index in [2.05, 4.69) is 4.74 Å². The summed E-state index contributed by atoms with van der Waals surface area (Å²) in [6.45, 7) is 1.61. The summed E-state index contributed by atoms with van der Waals surface area (Å²) >= 11 is 0. The number of hydrogen-bond acceptors (Lipinski definition) is 8. The van der Waals surface area contributed by atoms with Crippen LogP contribution >= 0.6 is 0 Å². The normalized spacial score (nSPS) is 10.6. The summed E-state index contributed by atoms with van der Waals surface area (Å²) in [5, 5.41) is 11.9. The molecule has 0 fully saturated rings. The van der Waals surface area contributed by atoms with Gasteiger partial charge in [0.1, 0.15) is 17.8 Å². The first-order chi connectivity index (χ1) is 14.0. The van der Waals surface area contributed by atoms with Crippen LogP contribution in [0.4, 0.5) is 5.69 Å². The molecule has 1 heterocycles. The number of carbonyl (C=O) groups is 2. The molecule has 9 heteroatoms. The average molecular weight is 399 g/mol. The molecule has 3 rings (SSSR count). The van der Waals surface area contributed by atoms with Gasteiger partial charge in [0.2, 0.25) is 0 Å². The zero-order chi connectivity index (χ0) is 21.0. The van der Waals surface area contributed by atoms with E-state index in [0.717, 1.165) is 6.07 Å². The molecular weight excluding hydrogens is 382 g/mol. The Kier molecular flexibility index (Phi) is 5.77. The van der Waals surface area contributed by atoms with Crippen LogP contribution in [0.15, 0.2) is 46.9 Å². The van der Waals surface area contributed by atoms with Gasteiger partial charge >= 0.3 is 17.6 Å². The van der Waals surface area contributed by atoms with Gasteiger partial charge in [-0.1, -0.05) is 18.2 Å². The Labute approximate surface area is 164 Å². The summed E-state index contributed by atoms with van der Waals surface area (Å²) < 4.78 is 20.9. The van der Waals surface area contributed by atoms with Crippen molar-refractivity contribution in [1.29, 1.82) is 0 Å². The van der Waals surface area contributed by atoms with E-state index in [1.54, 1.807) is 31.2 Å². The second kappa shape index (κ2) is 8.42. The highest BCUT2D eigenvalue weighted by Gasteiger charge is 2.24. The van der Waals surface area contributed by atoms with Gasteiger partial charge in [0.25, 0.3) is 0 Å². The molecule has 0 spiro atoms. The lowest BCUT2D eigenvalue weighted by Gasteiger charge is -2.08. The van der Waals surface area contributed by atoms with E-state index in [9.17, 15) is 19.7 Å². The molecule has 150 valence electrons. The fourth-order valence-corrected chi connectivity index (χ4v) is 2.80. The van der Waals surface area contributed by atoms with Gasteiger partial charge in [0.05, 0.1) is 24.2 Å². The molecule has 0 aliphatic carbocycles. The molecule has 0 atom stereocenters. The van der Waals surface area contributed by atoms with E-state index in [-0.39, 0.29) is 35.9 Å². The Morgan fingerprint density at radius 3 is 2.59 bits per heavy atom. The molecule has 0 bridgehead atoms. The van der Waals surface area contributed by atoms with E-state index >= 15 is 0 Å². The number of ether oxygens (including phenoxy) is 3. The third-order valence-corrected chi connectivity index (χ3v) is 4.08. The molecule has 1 aromatic heterocycles. The lowest BCUT2D eigenvalue weighted by atomic mass is 10.1. The number of nitrogens with zero attached hydrogens (tertiary/aromatic N) is 1. The van der Waals surface area contributed by atoms with Crippen LogP contribution in [0, 0.1) is 10.1 Å². The Morgan fingerprint density at radius 2 is 1.90 bits per heavy atom. The van der Waals surface area contributed by atoms with E-state index in [4.69, 9.17) is 13.9 Å². The first kappa shape index (κ1) is 19.9. The lowest BCUT2D eigenvalue weighted by molar-refractivity contribution is -0.386. The Balaban J connectivity index is 1.95. The summed E-state index contributed by atoms with van der Waals surface area (Å²) in [7, 11) is 1.18. The fourth-order valence-electron chi connectivity index (χ4n) is 2.80. The van der Waals surface area contributed by atoms with Gasteiger partial charge in [-0.3, -0.25) is 10.1 Å². The number of carbonyl (C=O) groups excluding carboxylic acids is 2. The van der Waals surface area contributed by atoms with Crippen LogP contribution in [0.1, 0.15) is 33.4 Å². The molecule has 0 saturated heterocycles. The molecule has 9 nitrogen and oxygen atoms in total. The molecule has 3 aromatic rings. The topological polar surface area (TPSA) is 118 Å². The zero-order valence-electron chi connectivity index (χ0n) is 15.7. The first-order valence-electron chi connectivity index (χ1n) is 8.63. The molecule has 0 N–H and O–H groups in total. The van der Waals surface area contributed by atoms with Crippen LogP contribution in [0.3, 0.4) is 0 Å². The minimum atomic E-state index is -0.707. The summed E-state index contributed by atoms with van der Waals surface area (Å²) in [6.07, 6.45) is 0. The lowest BCUT2D eigenvalue weighted by Crippen LogP contribution is -2.09. The maximum atomic E-state index is 12.4. The van der Waals surface area contributed by atoms with Gasteiger partial charge in [0, 0.05) is 11.5 Å². The van der Waals surface area contributed by atoms with Crippen LogP contribution in [-0.4, -0.2) is 30.6 Å². The van der Waals surface area contributed by atoms with Crippen molar-refractivity contribution in [2.45, 2.75) is 13.5 Å². The van der Waals surface area contributed by atoms with Crippen molar-refractivity contribution in [1.82, 2.24) is 0 Å². The van der Waals surface area contributed by atoms with Crippen molar-refractivity contribution in [3.8, 4) is 5.75 Å². The predicted octanol–water partition coefficient (Wildman–Crippen LogP) is 3.88. The van der Waals surface area contributed by atoms with Gasteiger partial charge in [-0.2, -0.15) is 0 Å². The molecule has 0 amide bonds. The summed E-state index contributed by atoms with van der Waals surface area (Å²) in [6, 6.07) is 10.6. The van der Waals surface area contributed by atoms with Crippen LogP contribution in [-0.2, 0) is 16.1 Å². The van der Waals surface area contributed by atoms with Crippen LogP contribution < -0.4 is 4.74 Å². The number of methoxy groups -OCH3 is 1. The van der Waals surface area contributed by atoms with Crippen LogP contribution in [0.2, 0.25) is 0 Å². The van der Waals surface area contributed by atoms with Crippen LogP contribution in [0.5, 0.6) is 5.75 Å². The standard InChI is InChI=1S/C20H17NO8/c1-3-27-20(23)18-13-6-4-5-7-15(13)29-17(18)11-28-16-9-8-12(19(22)26-2)10-14(16)21(24)25/h4-10H,3,11H2,1-2H3. The molecule has 0 aliphatic rings. The minimum Gasteiger partial charge on any atom is -0.479 e. The molecule has 0 aliphatic heterocycles. The zero-order valence-corrected chi connectivity index (χ0v) is 15.7. The molecule has 0 unspecified atom stereocenters. The monoisotopic (exact) mass is 399 g/mol. The van der Waals surface area contributed by atoms with E-state index in [1.807, 2.05) is 0 Å². The first-order valence-corrected chi connectivity index (χ1v) is 8.63. The molecule has 29 heavy (non-hydrogen) atoms. The number of rotatable bonds is 7. The molecule has 2 aromatic carbocycles. The van der Waals surface area contributed by atoms with Crippen molar-refractivity contribution in [2.75, 3.05) is 13.7 Å². The third kappa shape index (κ3) is 4.03. The predicted molar refractivity (Wildman–Crippen MR) is 101 cm³/mol. The third-order valence-electron chi connectivity index (χ3n) is 4.08. The summed E-state index contributed by atoms with van der Waals surface area (Å²) in [5.74, 6) is -1.19. The number of hydrogen-bond donors (Lipinski definition) is 0. The van der Waals surface area contributed by atoms with Crippen molar-refractivity contribution in [3.05, 3.63) is 69.5 Å². The largest absolute Gasteiger partial charge is 0.479 e. The average Bonchev–Trinajstić information content (AvgIpc) is 3.10. The summed E-state index contributed by atoms with van der Waals surface area (Å²) in [4.78, 5) is 34.7. The van der Waals surface area contributed by atoms with Gasteiger partial charge in [-0.25, -0.2) is 9.59 Å². The number of furan rings is 1. The van der Waals surface area contributed by atoms with Crippen LogP contribution in [0.25, 0.3) is 11.0 Å².